The molecule has 0 aromatic carbocycles. The minimum atomic E-state index is -5.21. The third kappa shape index (κ3) is 7.47. The van der Waals surface area contributed by atoms with Gasteiger partial charge in [-0.05, 0) is 25.9 Å². The molecule has 1 heterocycles. The van der Waals surface area contributed by atoms with E-state index in [0.717, 1.165) is 0 Å². The molecule has 0 radical (unpaired) electrons. The fourth-order valence-electron chi connectivity index (χ4n) is 1.23. The molecular weight excluding hydrogens is 334 g/mol. The first-order valence-electron chi connectivity index (χ1n) is 5.37. The van der Waals surface area contributed by atoms with Gasteiger partial charge < -0.3 is 10.4 Å². The van der Waals surface area contributed by atoms with Gasteiger partial charge in [-0.1, -0.05) is 0 Å². The summed E-state index contributed by atoms with van der Waals surface area (Å²) in [5.41, 5.74) is -5.21. The van der Waals surface area contributed by atoms with Gasteiger partial charge in [-0.2, -0.15) is 26.3 Å². The lowest BCUT2D eigenvalue weighted by atomic mass is 10.1. The van der Waals surface area contributed by atoms with Gasteiger partial charge in [0.2, 0.25) is 0 Å². The maximum absolute atomic E-state index is 11.9. The molecule has 0 aromatic heterocycles. The molecule has 1 fully saturated rings. The van der Waals surface area contributed by atoms with Crippen molar-refractivity contribution in [3.8, 4) is 0 Å². The summed E-state index contributed by atoms with van der Waals surface area (Å²) >= 11 is 0. The monoisotopic (exact) mass is 346 g/mol. The summed E-state index contributed by atoms with van der Waals surface area (Å²) in [6.45, 7) is 1.07. The zero-order chi connectivity index (χ0) is 16.9. The van der Waals surface area contributed by atoms with E-state index in [9.17, 15) is 34.8 Å². The first-order chi connectivity index (χ1) is 9.27. The summed E-state index contributed by atoms with van der Waals surface area (Å²) < 4.78 is 90.5. The van der Waals surface area contributed by atoms with Crippen LogP contribution < -0.4 is 10.0 Å². The van der Waals surface area contributed by atoms with E-state index in [1.54, 1.807) is 4.72 Å². The third-order valence-electron chi connectivity index (χ3n) is 2.21. The van der Waals surface area contributed by atoms with Gasteiger partial charge in [0.1, 0.15) is 0 Å². The van der Waals surface area contributed by atoms with Gasteiger partial charge in [-0.3, -0.25) is 0 Å². The van der Waals surface area contributed by atoms with Gasteiger partial charge in [0, 0.05) is 6.04 Å². The SMILES string of the molecule is O=C(O)C(F)(F)F.O=S(=O)(NC1CCNCC1)C(F)(F)F. The highest BCUT2D eigenvalue weighted by molar-refractivity contribution is 7.90. The van der Waals surface area contributed by atoms with E-state index in [2.05, 4.69) is 5.32 Å². The van der Waals surface area contributed by atoms with Crippen LogP contribution in [0.4, 0.5) is 26.3 Å². The number of hydrogen-bond donors (Lipinski definition) is 3. The fraction of sp³-hybridized carbons (Fsp3) is 0.875. The van der Waals surface area contributed by atoms with Crippen molar-refractivity contribution in [3.05, 3.63) is 0 Å². The molecule has 0 amide bonds. The summed E-state index contributed by atoms with van der Waals surface area (Å²) in [5, 5.41) is 10.0. The number of aliphatic carboxylic acids is 1. The average Bonchev–Trinajstić information content (AvgIpc) is 2.27. The number of hydrogen-bond acceptors (Lipinski definition) is 4. The molecule has 0 atom stereocenters. The van der Waals surface area contributed by atoms with Crippen molar-refractivity contribution in [2.24, 2.45) is 0 Å². The number of sulfonamides is 1. The van der Waals surface area contributed by atoms with Gasteiger partial charge in [-0.25, -0.2) is 17.9 Å². The van der Waals surface area contributed by atoms with Gasteiger partial charge in [-0.15, -0.1) is 0 Å². The summed E-state index contributed by atoms with van der Waals surface area (Å²) in [6.07, 6.45) is -4.31. The maximum atomic E-state index is 11.9. The van der Waals surface area contributed by atoms with Crippen LogP contribution in [-0.2, 0) is 14.8 Å². The second-order valence-corrected chi connectivity index (χ2v) is 5.60. The zero-order valence-corrected chi connectivity index (χ0v) is 11.1. The largest absolute Gasteiger partial charge is 0.511 e. The van der Waals surface area contributed by atoms with Gasteiger partial charge in [0.05, 0.1) is 0 Å². The van der Waals surface area contributed by atoms with Crippen LogP contribution in [0.3, 0.4) is 0 Å². The van der Waals surface area contributed by atoms with E-state index in [1.807, 2.05) is 0 Å². The van der Waals surface area contributed by atoms with Crippen molar-refractivity contribution in [1.82, 2.24) is 10.0 Å². The summed E-state index contributed by atoms with van der Waals surface area (Å²) in [5.74, 6) is -2.76. The normalized spacial score (nSPS) is 17.8. The van der Waals surface area contributed by atoms with Gasteiger partial charge in [0.15, 0.2) is 0 Å². The van der Waals surface area contributed by atoms with E-state index in [4.69, 9.17) is 9.90 Å². The Labute approximate surface area is 115 Å². The van der Waals surface area contributed by atoms with Crippen LogP contribution in [-0.4, -0.2) is 50.3 Å². The van der Waals surface area contributed by atoms with Crippen molar-refractivity contribution in [1.29, 1.82) is 0 Å². The molecule has 126 valence electrons. The van der Waals surface area contributed by atoms with E-state index in [1.165, 1.54) is 0 Å². The topological polar surface area (TPSA) is 95.5 Å². The Morgan fingerprint density at radius 3 is 1.76 bits per heavy atom. The van der Waals surface area contributed by atoms with Crippen molar-refractivity contribution < 1.29 is 44.7 Å². The molecule has 0 bridgehead atoms. The predicted octanol–water partition coefficient (Wildman–Crippen LogP) is 0.811. The quantitative estimate of drug-likeness (QED) is 0.643. The van der Waals surface area contributed by atoms with E-state index in [-0.39, 0.29) is 0 Å². The number of nitrogens with one attached hydrogen (secondary N) is 2. The lowest BCUT2D eigenvalue weighted by Crippen LogP contribution is -2.47. The Morgan fingerprint density at radius 1 is 1.10 bits per heavy atom. The van der Waals surface area contributed by atoms with Gasteiger partial charge in [0.25, 0.3) is 0 Å². The zero-order valence-electron chi connectivity index (χ0n) is 10.3. The highest BCUT2D eigenvalue weighted by Crippen LogP contribution is 2.22. The molecule has 1 aliphatic rings. The minimum absolute atomic E-state index is 0.384. The number of carboxylic acids is 1. The number of halogens is 6. The van der Waals surface area contributed by atoms with Gasteiger partial charge >= 0.3 is 27.7 Å². The second-order valence-electron chi connectivity index (χ2n) is 3.89. The van der Waals surface area contributed by atoms with Crippen molar-refractivity contribution in [2.45, 2.75) is 30.6 Å². The molecule has 6 nitrogen and oxygen atoms in total. The molecule has 0 saturated carbocycles. The fourth-order valence-corrected chi connectivity index (χ4v) is 2.03. The number of rotatable bonds is 2. The van der Waals surface area contributed by atoms with Crippen LogP contribution in [0, 0.1) is 0 Å². The standard InChI is InChI=1S/C6H11F3N2O2S.C2HF3O2/c7-6(8,9)14(12,13)11-5-1-3-10-4-2-5;3-2(4,5)1(6)7/h5,10-11H,1-4H2;(H,6,7). The first-order valence-corrected chi connectivity index (χ1v) is 6.85. The minimum Gasteiger partial charge on any atom is -0.475 e. The Hall–Kier alpha value is -1.08. The van der Waals surface area contributed by atoms with Crippen molar-refractivity contribution in [2.75, 3.05) is 13.1 Å². The summed E-state index contributed by atoms with van der Waals surface area (Å²) in [4.78, 5) is 8.90. The lowest BCUT2D eigenvalue weighted by Gasteiger charge is -2.23. The maximum Gasteiger partial charge on any atom is 0.511 e. The van der Waals surface area contributed by atoms with Crippen LogP contribution in [0.5, 0.6) is 0 Å². The summed E-state index contributed by atoms with van der Waals surface area (Å²) in [7, 11) is -5.18. The number of alkyl halides is 6. The molecule has 21 heavy (non-hydrogen) atoms. The Morgan fingerprint density at radius 2 is 1.48 bits per heavy atom. The molecular formula is C8H12F6N2O4S. The summed E-state index contributed by atoms with van der Waals surface area (Å²) in [6, 6.07) is -0.608. The molecule has 0 aromatic rings. The van der Waals surface area contributed by atoms with Crippen molar-refractivity contribution >= 4 is 16.0 Å². The molecule has 1 saturated heterocycles. The molecule has 0 aliphatic carbocycles. The van der Waals surface area contributed by atoms with E-state index >= 15 is 0 Å². The number of carboxylic acid groups (broad SMARTS) is 1. The molecule has 0 unspecified atom stereocenters. The Balaban J connectivity index is 0.000000486. The first kappa shape index (κ1) is 19.9. The Bertz CT molecular complexity index is 441. The highest BCUT2D eigenvalue weighted by atomic mass is 32.2. The molecule has 13 heteroatoms. The van der Waals surface area contributed by atoms with Crippen LogP contribution in [0.15, 0.2) is 0 Å². The van der Waals surface area contributed by atoms with Crippen molar-refractivity contribution in [3.63, 3.8) is 0 Å². The molecule has 1 aliphatic heterocycles. The van der Waals surface area contributed by atoms with Crippen LogP contribution in [0.25, 0.3) is 0 Å². The predicted molar refractivity (Wildman–Crippen MR) is 57.7 cm³/mol. The lowest BCUT2D eigenvalue weighted by molar-refractivity contribution is -0.192. The number of piperidine rings is 1. The third-order valence-corrected chi connectivity index (χ3v) is 3.46. The van der Waals surface area contributed by atoms with Crippen LogP contribution in [0.1, 0.15) is 12.8 Å². The van der Waals surface area contributed by atoms with Crippen LogP contribution in [0.2, 0.25) is 0 Å². The average molecular weight is 346 g/mol. The van der Waals surface area contributed by atoms with E-state index < -0.39 is 33.7 Å². The molecule has 3 N–H and O–H groups in total. The van der Waals surface area contributed by atoms with E-state index in [0.29, 0.717) is 25.9 Å². The Kier molecular flexibility index (Phi) is 6.89. The van der Waals surface area contributed by atoms with Crippen LogP contribution >= 0.6 is 0 Å². The highest BCUT2D eigenvalue weighted by Gasteiger charge is 2.46. The smallest absolute Gasteiger partial charge is 0.475 e. The number of carbonyl (C=O) groups is 1. The second kappa shape index (κ2) is 7.26. The molecule has 1 rings (SSSR count). The molecule has 0 spiro atoms.